The van der Waals surface area contributed by atoms with Crippen molar-refractivity contribution in [2.24, 2.45) is 4.99 Å². The van der Waals surface area contributed by atoms with E-state index >= 15 is 0 Å². The molecule has 2 aliphatic rings. The van der Waals surface area contributed by atoms with Gasteiger partial charge in [-0.2, -0.15) is 5.10 Å². The van der Waals surface area contributed by atoms with E-state index in [2.05, 4.69) is 20.9 Å². The van der Waals surface area contributed by atoms with Crippen LogP contribution in [0.3, 0.4) is 0 Å². The van der Waals surface area contributed by atoms with E-state index in [0.717, 1.165) is 15.7 Å². The van der Waals surface area contributed by atoms with Crippen molar-refractivity contribution >= 4 is 33.7 Å². The normalized spacial score (nSPS) is 17.4. The van der Waals surface area contributed by atoms with Gasteiger partial charge in [0, 0.05) is 41.0 Å². The molecule has 6 rings (SSSR count). The third-order valence-corrected chi connectivity index (χ3v) is 6.84. The van der Waals surface area contributed by atoms with Crippen molar-refractivity contribution in [3.8, 4) is 16.9 Å². The fourth-order valence-corrected chi connectivity index (χ4v) is 4.72. The first-order valence-corrected chi connectivity index (χ1v) is 12.4. The molecule has 0 N–H and O–H groups in total. The third kappa shape index (κ3) is 4.38. The van der Waals surface area contributed by atoms with Crippen LogP contribution in [-0.4, -0.2) is 40.0 Å². The highest BCUT2D eigenvalue weighted by molar-refractivity contribution is 9.10. The zero-order valence-corrected chi connectivity index (χ0v) is 20.7. The van der Waals surface area contributed by atoms with Crippen molar-refractivity contribution in [3.63, 3.8) is 0 Å². The first-order chi connectivity index (χ1) is 18.4. The zero-order valence-electron chi connectivity index (χ0n) is 21.1. The minimum Gasteiger partial charge on any atom is -0.344 e. The molecule has 1 aromatic heterocycles. The van der Waals surface area contributed by atoms with Crippen LogP contribution in [0.4, 0.5) is 10.1 Å². The van der Waals surface area contributed by atoms with Crippen molar-refractivity contribution < 1.29 is 16.7 Å². The number of aliphatic imine (C=N–C) groups is 1. The molecule has 1 fully saturated rings. The molecule has 0 radical (unpaired) electrons. The molecule has 2 aliphatic heterocycles. The van der Waals surface area contributed by atoms with Crippen molar-refractivity contribution in [1.82, 2.24) is 14.7 Å². The Hall–Kier alpha value is -3.62. The third-order valence-electron chi connectivity index (χ3n) is 6.31. The Kier molecular flexibility index (Phi) is 5.39. The van der Waals surface area contributed by atoms with E-state index in [-0.39, 0.29) is 37.0 Å². The van der Waals surface area contributed by atoms with Crippen molar-refractivity contribution in [1.29, 1.82) is 0 Å². The zero-order chi connectivity index (χ0) is 26.4. The number of carbonyl (C=O) groups excluding carboxylic acids is 1. The number of fused-ring (bicyclic) bond motifs is 1. The van der Waals surface area contributed by atoms with Crippen LogP contribution in [0.25, 0.3) is 16.9 Å². The number of halogens is 2. The van der Waals surface area contributed by atoms with Crippen LogP contribution in [0.1, 0.15) is 25.7 Å². The number of ether oxygens (including phenoxy) is 1. The van der Waals surface area contributed by atoms with Gasteiger partial charge in [0.15, 0.2) is 6.23 Å². The molecule has 1 saturated heterocycles. The largest absolute Gasteiger partial charge is 0.344 e. The highest BCUT2D eigenvalue weighted by Gasteiger charge is 2.36. The lowest BCUT2D eigenvalue weighted by Gasteiger charge is -2.23. The van der Waals surface area contributed by atoms with E-state index < -0.39 is 6.23 Å². The topological polar surface area (TPSA) is 59.7 Å². The predicted octanol–water partition coefficient (Wildman–Crippen LogP) is 5.80. The summed E-state index contributed by atoms with van der Waals surface area (Å²) < 4.78 is 39.3. The molecule has 1 unspecified atom stereocenters. The Morgan fingerprint density at radius 2 is 1.94 bits per heavy atom. The smallest absolute Gasteiger partial charge is 0.250 e. The standard InChI is InChI=1S/C28H22BrFN4O2/c29-21-5-9-23(10-6-21)34-16-24(27(32-34)20-3-7-22(30)8-4-20)28-33(26(35)17-36-28)14-12-18-1-2-19-11-13-31-25(19)15-18/h1-10,13,15-16,28H,11-12,14,17H2/i1D,15D. The van der Waals surface area contributed by atoms with Gasteiger partial charge in [0.05, 0.1) is 14.1 Å². The second-order valence-corrected chi connectivity index (χ2v) is 9.56. The minimum absolute atomic E-state index is 0.0903. The minimum atomic E-state index is -0.720. The summed E-state index contributed by atoms with van der Waals surface area (Å²) >= 11 is 3.45. The summed E-state index contributed by atoms with van der Waals surface area (Å²) in [6.45, 7) is 0.170. The van der Waals surface area contributed by atoms with Gasteiger partial charge < -0.3 is 9.64 Å². The Morgan fingerprint density at radius 3 is 2.75 bits per heavy atom. The lowest BCUT2D eigenvalue weighted by Crippen LogP contribution is -2.30. The first-order valence-electron chi connectivity index (χ1n) is 12.6. The summed E-state index contributed by atoms with van der Waals surface area (Å²) in [7, 11) is 0. The van der Waals surface area contributed by atoms with Crippen LogP contribution in [0.2, 0.25) is 0 Å². The van der Waals surface area contributed by atoms with Crippen molar-refractivity contribution in [2.75, 3.05) is 13.2 Å². The summed E-state index contributed by atoms with van der Waals surface area (Å²) in [4.78, 5) is 18.9. The number of hydrogen-bond donors (Lipinski definition) is 0. The summed E-state index contributed by atoms with van der Waals surface area (Å²) in [5.74, 6) is -0.540. The molecular formula is C28H22BrFN4O2. The first kappa shape index (κ1) is 20.6. The van der Waals surface area contributed by atoms with Crippen molar-refractivity contribution in [2.45, 2.75) is 19.1 Å². The summed E-state index contributed by atoms with van der Waals surface area (Å²) in [6.07, 6.45) is 3.80. The van der Waals surface area contributed by atoms with Gasteiger partial charge in [-0.25, -0.2) is 9.07 Å². The van der Waals surface area contributed by atoms with Gasteiger partial charge in [-0.15, -0.1) is 0 Å². The van der Waals surface area contributed by atoms with Crippen LogP contribution in [0, 0.1) is 5.82 Å². The Bertz CT molecular complexity index is 1570. The highest BCUT2D eigenvalue weighted by atomic mass is 79.9. The number of rotatable bonds is 6. The van der Waals surface area contributed by atoms with Gasteiger partial charge >= 0.3 is 0 Å². The highest BCUT2D eigenvalue weighted by Crippen LogP contribution is 2.36. The molecule has 4 aromatic rings. The van der Waals surface area contributed by atoms with Crippen molar-refractivity contribution in [3.05, 3.63) is 99.9 Å². The Labute approximate surface area is 219 Å². The number of carbonyl (C=O) groups is 1. The summed E-state index contributed by atoms with van der Waals surface area (Å²) in [5, 5.41) is 4.79. The van der Waals surface area contributed by atoms with Crippen LogP contribution < -0.4 is 0 Å². The predicted molar refractivity (Wildman–Crippen MR) is 139 cm³/mol. The molecule has 0 spiro atoms. The molecule has 180 valence electrons. The maximum absolute atomic E-state index is 13.7. The van der Waals surface area contributed by atoms with E-state index in [0.29, 0.717) is 40.9 Å². The second-order valence-electron chi connectivity index (χ2n) is 8.64. The van der Waals surface area contributed by atoms with E-state index in [1.807, 2.05) is 30.5 Å². The van der Waals surface area contributed by atoms with Gasteiger partial charge in [0.2, 0.25) is 0 Å². The monoisotopic (exact) mass is 546 g/mol. The number of benzene rings is 3. The van der Waals surface area contributed by atoms with Crippen LogP contribution in [0.15, 0.2) is 82.3 Å². The quantitative estimate of drug-likeness (QED) is 0.307. The average Bonchev–Trinajstić information content (AvgIpc) is 3.64. The maximum atomic E-state index is 13.7. The summed E-state index contributed by atoms with van der Waals surface area (Å²) in [5.41, 5.74) is 4.78. The molecule has 3 heterocycles. The van der Waals surface area contributed by atoms with Crippen LogP contribution in [-0.2, 0) is 22.4 Å². The van der Waals surface area contributed by atoms with Gasteiger partial charge in [-0.3, -0.25) is 9.79 Å². The molecule has 1 atom stereocenters. The maximum Gasteiger partial charge on any atom is 0.250 e. The number of hydrogen-bond acceptors (Lipinski definition) is 4. The Morgan fingerprint density at radius 1 is 1.14 bits per heavy atom. The fraction of sp³-hybridized carbons (Fsp3) is 0.179. The molecule has 8 heteroatoms. The van der Waals surface area contributed by atoms with Crippen LogP contribution >= 0.6 is 15.9 Å². The molecule has 0 saturated carbocycles. The molecular weight excluding hydrogens is 523 g/mol. The molecule has 0 aliphatic carbocycles. The average molecular weight is 547 g/mol. The van der Waals surface area contributed by atoms with E-state index in [9.17, 15) is 9.18 Å². The lowest BCUT2D eigenvalue weighted by atomic mass is 10.0. The second kappa shape index (κ2) is 9.44. The summed E-state index contributed by atoms with van der Waals surface area (Å²) in [6, 6.07) is 16.0. The molecule has 6 nitrogen and oxygen atoms in total. The van der Waals surface area contributed by atoms with Gasteiger partial charge in [0.25, 0.3) is 5.91 Å². The van der Waals surface area contributed by atoms with E-state index in [1.54, 1.807) is 34.0 Å². The SMILES string of the molecule is [2H]c1cc2c(c([2H])c1CCN1C(=O)COC1c1cn(-c3ccc(Br)cc3)nc1-c1ccc(F)cc1)N=CC2. The molecule has 0 bridgehead atoms. The molecule has 36 heavy (non-hydrogen) atoms. The van der Waals surface area contributed by atoms with Gasteiger partial charge in [0.1, 0.15) is 18.1 Å². The van der Waals surface area contributed by atoms with Gasteiger partial charge in [-0.05, 0) is 72.1 Å². The van der Waals surface area contributed by atoms with E-state index in [1.165, 1.54) is 12.1 Å². The van der Waals surface area contributed by atoms with Gasteiger partial charge in [-0.1, -0.05) is 28.0 Å². The Balaban J connectivity index is 1.36. The number of amides is 1. The molecule has 1 amide bonds. The number of nitrogens with zero attached hydrogens (tertiary/aromatic N) is 4. The fourth-order valence-electron chi connectivity index (χ4n) is 4.45. The lowest BCUT2D eigenvalue weighted by molar-refractivity contribution is -0.128. The van der Waals surface area contributed by atoms with E-state index in [4.69, 9.17) is 12.6 Å². The molecule has 3 aromatic carbocycles. The number of aromatic nitrogens is 2. The van der Waals surface area contributed by atoms with Crippen LogP contribution in [0.5, 0.6) is 0 Å².